The topological polar surface area (TPSA) is 148 Å². The van der Waals surface area contributed by atoms with Gasteiger partial charge < -0.3 is 25.0 Å². The Hall–Kier alpha value is -4.28. The molecule has 1 aliphatic rings. The molecule has 0 bridgehead atoms. The minimum absolute atomic E-state index is 0.0202. The van der Waals surface area contributed by atoms with Crippen LogP contribution in [0.2, 0.25) is 0 Å². The van der Waals surface area contributed by atoms with Crippen molar-refractivity contribution in [3.8, 4) is 11.1 Å². The van der Waals surface area contributed by atoms with E-state index >= 15 is 0 Å². The molecule has 0 radical (unpaired) electrons. The minimum Gasteiger partial charge on any atom is -0.465 e. The van der Waals surface area contributed by atoms with E-state index in [9.17, 15) is 29.9 Å². The average Bonchev–Trinajstić information content (AvgIpc) is 3.24. The van der Waals surface area contributed by atoms with Crippen LogP contribution in [-0.4, -0.2) is 53.6 Å². The minimum atomic E-state index is -1.53. The van der Waals surface area contributed by atoms with Crippen LogP contribution in [0.1, 0.15) is 45.5 Å². The van der Waals surface area contributed by atoms with Gasteiger partial charge in [0.25, 0.3) is 5.69 Å². The summed E-state index contributed by atoms with van der Waals surface area (Å²) in [6.07, 6.45) is -3.65. The highest BCUT2D eigenvalue weighted by atomic mass is 16.6. The third kappa shape index (κ3) is 5.60. The van der Waals surface area contributed by atoms with Crippen molar-refractivity contribution in [1.29, 1.82) is 0 Å². The molecule has 0 saturated carbocycles. The van der Waals surface area contributed by atoms with Crippen LogP contribution in [-0.2, 0) is 9.47 Å². The summed E-state index contributed by atoms with van der Waals surface area (Å²) >= 11 is 0. The van der Waals surface area contributed by atoms with E-state index in [0.717, 1.165) is 41.5 Å². The molecule has 0 spiro atoms. The van der Waals surface area contributed by atoms with Crippen LogP contribution >= 0.6 is 0 Å². The van der Waals surface area contributed by atoms with Crippen molar-refractivity contribution in [3.05, 3.63) is 99.1 Å². The number of fused-ring (bicyclic) bond motifs is 3. The number of nitrogens with zero attached hydrogens (tertiary/aromatic N) is 1. The Balaban J connectivity index is 1.32. The van der Waals surface area contributed by atoms with Crippen molar-refractivity contribution in [1.82, 2.24) is 5.32 Å². The third-order valence-corrected chi connectivity index (χ3v) is 6.33. The number of esters is 1. The summed E-state index contributed by atoms with van der Waals surface area (Å²) in [6.45, 7) is 0.114. The first-order valence-electron chi connectivity index (χ1n) is 11.6. The van der Waals surface area contributed by atoms with Crippen LogP contribution in [0, 0.1) is 10.1 Å². The molecule has 0 heterocycles. The second-order valence-corrected chi connectivity index (χ2v) is 8.62. The molecule has 1 amide bonds. The monoisotopic (exact) mass is 506 g/mol. The van der Waals surface area contributed by atoms with Crippen LogP contribution in [0.4, 0.5) is 10.5 Å². The summed E-state index contributed by atoms with van der Waals surface area (Å²) in [5, 5.41) is 34.6. The fraction of sp³-hybridized carbons (Fsp3) is 0.259. The summed E-state index contributed by atoms with van der Waals surface area (Å²) < 4.78 is 10.0. The van der Waals surface area contributed by atoms with Gasteiger partial charge in [0.05, 0.1) is 23.7 Å². The number of alkyl carbamates (subject to hydrolysis) is 1. The Bertz CT molecular complexity index is 1280. The summed E-state index contributed by atoms with van der Waals surface area (Å²) in [4.78, 5) is 34.6. The lowest BCUT2D eigenvalue weighted by Gasteiger charge is -2.19. The Morgan fingerprint density at radius 1 is 1.03 bits per heavy atom. The molecule has 192 valence electrons. The van der Waals surface area contributed by atoms with Crippen molar-refractivity contribution in [2.75, 3.05) is 20.3 Å². The maximum atomic E-state index is 12.3. The molecule has 1 aliphatic carbocycles. The largest absolute Gasteiger partial charge is 0.465 e. The zero-order valence-electron chi connectivity index (χ0n) is 20.0. The number of nitro groups is 1. The van der Waals surface area contributed by atoms with E-state index in [1.807, 2.05) is 48.5 Å². The summed E-state index contributed by atoms with van der Waals surface area (Å²) in [5.41, 5.74) is 3.80. The second-order valence-electron chi connectivity index (χ2n) is 8.62. The Morgan fingerprint density at radius 3 is 2.24 bits per heavy atom. The summed E-state index contributed by atoms with van der Waals surface area (Å²) in [5.74, 6) is -0.910. The van der Waals surface area contributed by atoms with Crippen molar-refractivity contribution < 1.29 is 34.2 Å². The number of aliphatic hydroxyl groups excluding tert-OH is 2. The second kappa shape index (κ2) is 11.2. The first kappa shape index (κ1) is 25.8. The Labute approximate surface area is 212 Å². The smallest absolute Gasteiger partial charge is 0.407 e. The summed E-state index contributed by atoms with van der Waals surface area (Å²) in [6, 6.07) is 19.2. The number of rotatable bonds is 9. The Morgan fingerprint density at radius 2 is 1.65 bits per heavy atom. The number of hydrogen-bond acceptors (Lipinski definition) is 8. The van der Waals surface area contributed by atoms with Crippen LogP contribution in [0.15, 0.2) is 66.7 Å². The van der Waals surface area contributed by atoms with E-state index in [-0.39, 0.29) is 36.6 Å². The van der Waals surface area contributed by atoms with E-state index in [4.69, 9.17) is 4.74 Å². The molecule has 3 aromatic carbocycles. The SMILES string of the molecule is COC(=O)c1cc(C(O)C(O)CCNC(=O)OCC2c3ccccc3-c3ccccc32)cc([N+](=O)[O-])c1. The van der Waals surface area contributed by atoms with Gasteiger partial charge in [-0.25, -0.2) is 9.59 Å². The van der Waals surface area contributed by atoms with Gasteiger partial charge in [-0.05, 0) is 40.3 Å². The maximum absolute atomic E-state index is 12.3. The first-order chi connectivity index (χ1) is 17.8. The maximum Gasteiger partial charge on any atom is 0.407 e. The van der Waals surface area contributed by atoms with Gasteiger partial charge in [0.1, 0.15) is 12.7 Å². The molecular formula is C27H26N2O8. The number of benzene rings is 3. The Kier molecular flexibility index (Phi) is 7.80. The predicted molar refractivity (Wildman–Crippen MR) is 133 cm³/mol. The van der Waals surface area contributed by atoms with E-state index in [0.29, 0.717) is 0 Å². The molecule has 37 heavy (non-hydrogen) atoms. The van der Waals surface area contributed by atoms with Crippen LogP contribution in [0.5, 0.6) is 0 Å². The molecule has 10 nitrogen and oxygen atoms in total. The fourth-order valence-corrected chi connectivity index (χ4v) is 4.50. The number of hydrogen-bond donors (Lipinski definition) is 3. The van der Waals surface area contributed by atoms with Gasteiger partial charge in [-0.3, -0.25) is 10.1 Å². The predicted octanol–water partition coefficient (Wildman–Crippen LogP) is 3.70. The molecule has 10 heteroatoms. The van der Waals surface area contributed by atoms with E-state index < -0.39 is 34.9 Å². The van der Waals surface area contributed by atoms with Crippen LogP contribution < -0.4 is 5.32 Å². The summed E-state index contributed by atoms with van der Waals surface area (Å²) in [7, 11) is 1.13. The number of amides is 1. The molecule has 0 fully saturated rings. The van der Waals surface area contributed by atoms with Crippen molar-refractivity contribution in [2.45, 2.75) is 24.5 Å². The van der Waals surface area contributed by atoms with Crippen molar-refractivity contribution in [3.63, 3.8) is 0 Å². The zero-order chi connectivity index (χ0) is 26.5. The standard InChI is InChI=1S/C27H26N2O8/c1-36-26(32)17-12-16(13-18(14-17)29(34)35)25(31)24(30)10-11-28-27(33)37-15-23-21-8-4-2-6-19(21)20-7-3-5-9-22(20)23/h2-9,12-14,23-25,30-31H,10-11,15H2,1H3,(H,28,33). The van der Waals surface area contributed by atoms with Gasteiger partial charge in [0.15, 0.2) is 0 Å². The molecule has 2 atom stereocenters. The molecule has 2 unspecified atom stereocenters. The fourth-order valence-electron chi connectivity index (χ4n) is 4.50. The number of nitrogens with one attached hydrogen (secondary N) is 1. The number of non-ortho nitro benzene ring substituents is 1. The van der Waals surface area contributed by atoms with Crippen LogP contribution in [0.25, 0.3) is 11.1 Å². The quantitative estimate of drug-likeness (QED) is 0.226. The lowest BCUT2D eigenvalue weighted by atomic mass is 9.98. The lowest BCUT2D eigenvalue weighted by Crippen LogP contribution is -2.30. The van der Waals surface area contributed by atoms with Gasteiger partial charge in [0, 0.05) is 24.6 Å². The van der Waals surface area contributed by atoms with Crippen molar-refractivity contribution in [2.24, 2.45) is 0 Å². The number of carbonyl (C=O) groups excluding carboxylic acids is 2. The normalized spacial score (nSPS) is 13.7. The molecule has 3 N–H and O–H groups in total. The molecular weight excluding hydrogens is 480 g/mol. The van der Waals surface area contributed by atoms with Crippen molar-refractivity contribution >= 4 is 17.7 Å². The van der Waals surface area contributed by atoms with Gasteiger partial charge in [-0.1, -0.05) is 48.5 Å². The number of aliphatic hydroxyl groups is 2. The van der Waals surface area contributed by atoms with Gasteiger partial charge >= 0.3 is 12.1 Å². The van der Waals surface area contributed by atoms with Gasteiger partial charge in [-0.15, -0.1) is 0 Å². The third-order valence-electron chi connectivity index (χ3n) is 6.33. The van der Waals surface area contributed by atoms with Crippen LogP contribution in [0.3, 0.4) is 0 Å². The highest BCUT2D eigenvalue weighted by Gasteiger charge is 2.29. The highest BCUT2D eigenvalue weighted by molar-refractivity contribution is 5.90. The number of methoxy groups -OCH3 is 1. The van der Waals surface area contributed by atoms with E-state index in [1.54, 1.807) is 0 Å². The molecule has 3 aromatic rings. The molecule has 0 saturated heterocycles. The number of ether oxygens (including phenoxy) is 2. The average molecular weight is 507 g/mol. The molecule has 4 rings (SSSR count). The molecule has 0 aromatic heterocycles. The highest BCUT2D eigenvalue weighted by Crippen LogP contribution is 2.44. The number of carbonyl (C=O) groups is 2. The lowest BCUT2D eigenvalue weighted by molar-refractivity contribution is -0.385. The zero-order valence-corrected chi connectivity index (χ0v) is 20.0. The van der Waals surface area contributed by atoms with Gasteiger partial charge in [-0.2, -0.15) is 0 Å². The van der Waals surface area contributed by atoms with E-state index in [1.165, 1.54) is 6.07 Å². The molecule has 0 aliphatic heterocycles. The first-order valence-corrected chi connectivity index (χ1v) is 11.6. The number of nitro benzene ring substituents is 1. The van der Waals surface area contributed by atoms with E-state index in [2.05, 4.69) is 10.1 Å². The van der Waals surface area contributed by atoms with Gasteiger partial charge in [0.2, 0.25) is 0 Å².